The Hall–Kier alpha value is -2.31. The molecule has 0 aliphatic rings. The lowest BCUT2D eigenvalue weighted by molar-refractivity contribution is -0.148. The second-order valence-electron chi connectivity index (χ2n) is 4.85. The van der Waals surface area contributed by atoms with Gasteiger partial charge < -0.3 is 9.47 Å². The number of hydrogen-bond donors (Lipinski definition) is 0. The van der Waals surface area contributed by atoms with Crippen molar-refractivity contribution in [3.05, 3.63) is 61.2 Å². The van der Waals surface area contributed by atoms with E-state index in [0.29, 0.717) is 6.61 Å². The zero-order valence-electron chi connectivity index (χ0n) is 12.9. The Bertz CT molecular complexity index is 527. The van der Waals surface area contributed by atoms with Gasteiger partial charge in [0.05, 0.1) is 25.7 Å². The largest absolute Gasteiger partial charge is 0.469 e. The quantitative estimate of drug-likeness (QED) is 0.398. The van der Waals surface area contributed by atoms with Crippen LogP contribution in [0.4, 0.5) is 0 Å². The molecule has 3 atom stereocenters. The van der Waals surface area contributed by atoms with Gasteiger partial charge in [-0.3, -0.25) is 4.79 Å². The Morgan fingerprint density at radius 3 is 2.50 bits per heavy atom. The molecule has 1 aromatic carbocycles. The molecule has 0 saturated carbocycles. The molecule has 1 aromatic rings. The number of carbonyl (C=O) groups excluding carboxylic acids is 1. The molecule has 0 fully saturated rings. The van der Waals surface area contributed by atoms with E-state index >= 15 is 0 Å². The van der Waals surface area contributed by atoms with Gasteiger partial charge in [-0.05, 0) is 5.56 Å². The molecule has 0 amide bonds. The number of carbonyl (C=O) groups is 1. The van der Waals surface area contributed by atoms with Crippen molar-refractivity contribution in [2.24, 2.45) is 11.8 Å². The Morgan fingerprint density at radius 1 is 1.32 bits per heavy atom. The van der Waals surface area contributed by atoms with E-state index in [4.69, 9.17) is 15.9 Å². The summed E-state index contributed by atoms with van der Waals surface area (Å²) in [6, 6.07) is 9.79. The third-order valence-electron chi connectivity index (χ3n) is 3.48. The molecule has 0 aliphatic carbocycles. The molecule has 0 N–H and O–H groups in total. The Kier molecular flexibility index (Phi) is 7.74. The first-order valence-electron chi connectivity index (χ1n) is 7.09. The van der Waals surface area contributed by atoms with Crippen LogP contribution in [0.3, 0.4) is 0 Å². The minimum Gasteiger partial charge on any atom is -0.469 e. The van der Waals surface area contributed by atoms with Gasteiger partial charge in [0.25, 0.3) is 0 Å². The molecular formula is C19H22O3. The highest BCUT2D eigenvalue weighted by Gasteiger charge is 2.31. The normalized spacial score (nSPS) is 14.2. The second kappa shape index (κ2) is 9.59. The van der Waals surface area contributed by atoms with Crippen molar-refractivity contribution in [2.75, 3.05) is 7.11 Å². The monoisotopic (exact) mass is 298 g/mol. The van der Waals surface area contributed by atoms with Gasteiger partial charge in [-0.1, -0.05) is 42.5 Å². The summed E-state index contributed by atoms with van der Waals surface area (Å²) in [5.41, 5.74) is 1.05. The SMILES string of the molecule is C#CC[C@@H](C(=O)OC)[C@H](C=C)[C@@H](C=C)OCc1ccccc1. The minimum atomic E-state index is -0.494. The van der Waals surface area contributed by atoms with Crippen LogP contribution in [0.25, 0.3) is 0 Å². The van der Waals surface area contributed by atoms with Gasteiger partial charge in [-0.15, -0.1) is 25.5 Å². The van der Waals surface area contributed by atoms with E-state index in [2.05, 4.69) is 19.1 Å². The van der Waals surface area contributed by atoms with Crippen molar-refractivity contribution in [2.45, 2.75) is 19.1 Å². The number of terminal acetylenes is 1. The summed E-state index contributed by atoms with van der Waals surface area (Å²) in [6.07, 6.45) is 8.61. The van der Waals surface area contributed by atoms with Crippen LogP contribution < -0.4 is 0 Å². The van der Waals surface area contributed by atoms with E-state index in [9.17, 15) is 4.79 Å². The number of hydrogen-bond acceptors (Lipinski definition) is 3. The van der Waals surface area contributed by atoms with E-state index in [0.717, 1.165) is 5.56 Å². The average Bonchev–Trinajstić information content (AvgIpc) is 2.57. The molecule has 3 nitrogen and oxygen atoms in total. The zero-order chi connectivity index (χ0) is 16.4. The fourth-order valence-corrected chi connectivity index (χ4v) is 2.29. The van der Waals surface area contributed by atoms with Crippen LogP contribution in [-0.2, 0) is 20.9 Å². The predicted octanol–water partition coefficient (Wildman–Crippen LogP) is 3.37. The second-order valence-corrected chi connectivity index (χ2v) is 4.85. The van der Waals surface area contributed by atoms with Gasteiger partial charge in [-0.2, -0.15) is 0 Å². The fraction of sp³-hybridized carbons (Fsp3) is 0.316. The number of ether oxygens (including phenoxy) is 2. The zero-order valence-corrected chi connectivity index (χ0v) is 12.9. The summed E-state index contributed by atoms with van der Waals surface area (Å²) in [5.74, 6) is 1.37. The topological polar surface area (TPSA) is 35.5 Å². The van der Waals surface area contributed by atoms with Crippen LogP contribution in [0.5, 0.6) is 0 Å². The summed E-state index contributed by atoms with van der Waals surface area (Å²) in [6.45, 7) is 8.02. The molecule has 1 rings (SSSR count). The summed E-state index contributed by atoms with van der Waals surface area (Å²) in [5, 5.41) is 0. The summed E-state index contributed by atoms with van der Waals surface area (Å²) >= 11 is 0. The van der Waals surface area contributed by atoms with E-state index in [1.165, 1.54) is 7.11 Å². The standard InChI is InChI=1S/C19H22O3/c1-5-11-17(19(20)21-4)16(6-2)18(7-3)22-14-15-12-9-8-10-13-15/h1,6-10,12-13,16-18H,2-3,11,14H2,4H3/t16-,17+,18+/m0/s1. The van der Waals surface area contributed by atoms with Crippen LogP contribution in [0.2, 0.25) is 0 Å². The molecule has 116 valence electrons. The number of rotatable bonds is 9. The molecule has 3 heteroatoms. The maximum Gasteiger partial charge on any atom is 0.310 e. The molecule has 0 saturated heterocycles. The van der Waals surface area contributed by atoms with Crippen molar-refractivity contribution in [3.63, 3.8) is 0 Å². The smallest absolute Gasteiger partial charge is 0.310 e. The maximum absolute atomic E-state index is 11.9. The highest BCUT2D eigenvalue weighted by molar-refractivity contribution is 5.73. The van der Waals surface area contributed by atoms with Crippen molar-refractivity contribution in [1.82, 2.24) is 0 Å². The van der Waals surface area contributed by atoms with E-state index in [-0.39, 0.29) is 24.4 Å². The summed E-state index contributed by atoms with van der Waals surface area (Å²) in [4.78, 5) is 11.9. The van der Waals surface area contributed by atoms with E-state index in [1.54, 1.807) is 12.2 Å². The Morgan fingerprint density at radius 2 is 2.00 bits per heavy atom. The van der Waals surface area contributed by atoms with Crippen LogP contribution >= 0.6 is 0 Å². The van der Waals surface area contributed by atoms with Crippen LogP contribution in [0.1, 0.15) is 12.0 Å². The van der Waals surface area contributed by atoms with E-state index in [1.807, 2.05) is 30.3 Å². The highest BCUT2D eigenvalue weighted by atomic mass is 16.5. The molecular weight excluding hydrogens is 276 g/mol. The van der Waals surface area contributed by atoms with Crippen molar-refractivity contribution < 1.29 is 14.3 Å². The fourth-order valence-electron chi connectivity index (χ4n) is 2.29. The predicted molar refractivity (Wildman–Crippen MR) is 87.9 cm³/mol. The molecule has 0 heterocycles. The molecule has 0 unspecified atom stereocenters. The molecule has 0 bridgehead atoms. The molecule has 0 aliphatic heterocycles. The molecule has 0 radical (unpaired) electrons. The number of benzene rings is 1. The Labute approximate surface area is 132 Å². The Balaban J connectivity index is 2.83. The van der Waals surface area contributed by atoms with Crippen molar-refractivity contribution in [3.8, 4) is 12.3 Å². The van der Waals surface area contributed by atoms with Crippen LogP contribution in [0, 0.1) is 24.2 Å². The molecule has 0 aromatic heterocycles. The lowest BCUT2D eigenvalue weighted by Gasteiger charge is -2.27. The summed E-state index contributed by atoms with van der Waals surface area (Å²) in [7, 11) is 1.35. The first kappa shape index (κ1) is 17.7. The van der Waals surface area contributed by atoms with Gasteiger partial charge in [0.1, 0.15) is 0 Å². The van der Waals surface area contributed by atoms with Gasteiger partial charge in [0, 0.05) is 12.3 Å². The third kappa shape index (κ3) is 4.91. The minimum absolute atomic E-state index is 0.266. The van der Waals surface area contributed by atoms with Crippen LogP contribution in [0.15, 0.2) is 55.6 Å². The van der Waals surface area contributed by atoms with Crippen molar-refractivity contribution in [1.29, 1.82) is 0 Å². The number of methoxy groups -OCH3 is 1. The maximum atomic E-state index is 11.9. The highest BCUT2D eigenvalue weighted by Crippen LogP contribution is 2.25. The van der Waals surface area contributed by atoms with Gasteiger partial charge in [0.2, 0.25) is 0 Å². The van der Waals surface area contributed by atoms with Crippen LogP contribution in [-0.4, -0.2) is 19.2 Å². The average molecular weight is 298 g/mol. The molecule has 0 spiro atoms. The molecule has 22 heavy (non-hydrogen) atoms. The first-order chi connectivity index (χ1) is 10.7. The van der Waals surface area contributed by atoms with Gasteiger partial charge in [0.15, 0.2) is 0 Å². The van der Waals surface area contributed by atoms with Gasteiger partial charge in [-0.25, -0.2) is 0 Å². The lowest BCUT2D eigenvalue weighted by Crippen LogP contribution is -2.32. The number of esters is 1. The first-order valence-corrected chi connectivity index (χ1v) is 7.09. The lowest BCUT2D eigenvalue weighted by atomic mass is 9.85. The van der Waals surface area contributed by atoms with Gasteiger partial charge >= 0.3 is 5.97 Å². The third-order valence-corrected chi connectivity index (χ3v) is 3.48. The van der Waals surface area contributed by atoms with E-state index < -0.39 is 5.92 Å². The van der Waals surface area contributed by atoms with Crippen molar-refractivity contribution >= 4 is 5.97 Å². The summed E-state index contributed by atoms with van der Waals surface area (Å²) < 4.78 is 10.7.